The predicted octanol–water partition coefficient (Wildman–Crippen LogP) is 1.10. The van der Waals surface area contributed by atoms with Gasteiger partial charge in [-0.1, -0.05) is 0 Å². The van der Waals surface area contributed by atoms with E-state index in [1.807, 2.05) is 13.0 Å². The summed E-state index contributed by atoms with van der Waals surface area (Å²) >= 11 is 0. The van der Waals surface area contributed by atoms with Crippen LogP contribution in [0.5, 0.6) is 0 Å². The van der Waals surface area contributed by atoms with Crippen molar-refractivity contribution in [2.45, 2.75) is 32.4 Å². The monoisotopic (exact) mass is 306 g/mol. The fourth-order valence-corrected chi connectivity index (χ4v) is 2.97. The van der Waals surface area contributed by atoms with Crippen LogP contribution in [0.25, 0.3) is 0 Å². The maximum absolute atomic E-state index is 12.0. The minimum atomic E-state index is 0.159. The van der Waals surface area contributed by atoms with Gasteiger partial charge in [0.25, 0.3) is 0 Å². The predicted molar refractivity (Wildman–Crippen MR) is 84.3 cm³/mol. The molecule has 2 atom stereocenters. The third-order valence-electron chi connectivity index (χ3n) is 4.21. The van der Waals surface area contributed by atoms with E-state index >= 15 is 0 Å². The molecule has 0 saturated carbocycles. The summed E-state index contributed by atoms with van der Waals surface area (Å²) in [5, 5.41) is 0. The van der Waals surface area contributed by atoms with E-state index in [0.29, 0.717) is 6.42 Å². The Kier molecular flexibility index (Phi) is 5.85. The summed E-state index contributed by atoms with van der Waals surface area (Å²) in [6, 6.07) is 1.95. The molecular weight excluding hydrogens is 280 g/mol. The maximum atomic E-state index is 12.0. The number of likely N-dealkylation sites (tertiary alicyclic amines) is 1. The highest BCUT2D eigenvalue weighted by Crippen LogP contribution is 2.24. The minimum Gasteiger partial charge on any atom is -0.381 e. The van der Waals surface area contributed by atoms with E-state index in [9.17, 15) is 4.79 Å². The molecule has 22 heavy (non-hydrogen) atoms. The number of piperidine rings is 1. The summed E-state index contributed by atoms with van der Waals surface area (Å²) in [6.07, 6.45) is 3.44. The Morgan fingerprint density at radius 2 is 2.27 bits per heavy atom. The van der Waals surface area contributed by atoms with Gasteiger partial charge in [0.2, 0.25) is 5.91 Å². The molecule has 0 bridgehead atoms. The van der Waals surface area contributed by atoms with Crippen LogP contribution in [-0.4, -0.2) is 66.1 Å². The Hall–Kier alpha value is -1.53. The molecule has 2 rings (SSSR count). The minimum absolute atomic E-state index is 0.159. The molecule has 1 aromatic heterocycles. The van der Waals surface area contributed by atoms with Gasteiger partial charge < -0.3 is 9.64 Å². The SMILES string of the molecule is CO[C@@H]1CCN(Cc2ccnc(C)n2)C[C@H]1CC(=O)N(C)C. The molecule has 0 N–H and O–H groups in total. The summed E-state index contributed by atoms with van der Waals surface area (Å²) in [7, 11) is 5.34. The van der Waals surface area contributed by atoms with Gasteiger partial charge in [0, 0.05) is 59.4 Å². The Balaban J connectivity index is 1.98. The molecule has 0 radical (unpaired) electrons. The van der Waals surface area contributed by atoms with Crippen molar-refractivity contribution in [2.75, 3.05) is 34.3 Å². The molecule has 0 unspecified atom stereocenters. The lowest BCUT2D eigenvalue weighted by molar-refractivity contribution is -0.132. The van der Waals surface area contributed by atoms with Crippen LogP contribution in [0.1, 0.15) is 24.4 Å². The first-order chi connectivity index (χ1) is 10.5. The summed E-state index contributed by atoms with van der Waals surface area (Å²) in [4.78, 5) is 24.6. The average Bonchev–Trinajstić information content (AvgIpc) is 2.47. The number of carbonyl (C=O) groups excluding carboxylic acids is 1. The van der Waals surface area contributed by atoms with Crippen LogP contribution in [-0.2, 0) is 16.1 Å². The summed E-state index contributed by atoms with van der Waals surface area (Å²) in [5.41, 5.74) is 1.03. The summed E-state index contributed by atoms with van der Waals surface area (Å²) in [5.74, 6) is 1.19. The van der Waals surface area contributed by atoms with E-state index < -0.39 is 0 Å². The van der Waals surface area contributed by atoms with Gasteiger partial charge in [0.1, 0.15) is 5.82 Å². The third kappa shape index (κ3) is 4.48. The lowest BCUT2D eigenvalue weighted by atomic mass is 9.91. The summed E-state index contributed by atoms with van der Waals surface area (Å²) in [6.45, 7) is 4.53. The third-order valence-corrected chi connectivity index (χ3v) is 4.21. The van der Waals surface area contributed by atoms with Crippen molar-refractivity contribution in [2.24, 2.45) is 5.92 Å². The van der Waals surface area contributed by atoms with Gasteiger partial charge in [0.15, 0.2) is 0 Å². The first kappa shape index (κ1) is 16.8. The number of nitrogens with zero attached hydrogens (tertiary/aromatic N) is 4. The second kappa shape index (κ2) is 7.65. The van der Waals surface area contributed by atoms with E-state index in [1.165, 1.54) is 0 Å². The number of carbonyl (C=O) groups is 1. The van der Waals surface area contributed by atoms with E-state index in [-0.39, 0.29) is 17.9 Å². The second-order valence-corrected chi connectivity index (χ2v) is 6.15. The number of ether oxygens (including phenoxy) is 1. The number of hydrogen-bond donors (Lipinski definition) is 0. The number of rotatable bonds is 5. The lowest BCUT2D eigenvalue weighted by Gasteiger charge is -2.37. The van der Waals surface area contributed by atoms with Crippen LogP contribution in [0.2, 0.25) is 0 Å². The topological polar surface area (TPSA) is 58.6 Å². The Bertz CT molecular complexity index is 507. The van der Waals surface area contributed by atoms with Gasteiger partial charge in [-0.15, -0.1) is 0 Å². The molecule has 6 heteroatoms. The van der Waals surface area contributed by atoms with Crippen molar-refractivity contribution in [3.63, 3.8) is 0 Å². The molecule has 0 aliphatic carbocycles. The van der Waals surface area contributed by atoms with Crippen LogP contribution >= 0.6 is 0 Å². The summed E-state index contributed by atoms with van der Waals surface area (Å²) < 4.78 is 5.58. The highest BCUT2D eigenvalue weighted by Gasteiger charge is 2.31. The van der Waals surface area contributed by atoms with E-state index in [1.54, 1.807) is 32.3 Å². The molecular formula is C16H26N4O2. The van der Waals surface area contributed by atoms with Crippen LogP contribution in [0, 0.1) is 12.8 Å². The van der Waals surface area contributed by atoms with Gasteiger partial charge in [-0.3, -0.25) is 9.69 Å². The first-order valence-electron chi connectivity index (χ1n) is 7.73. The molecule has 0 aromatic carbocycles. The zero-order valence-corrected chi connectivity index (χ0v) is 14.0. The van der Waals surface area contributed by atoms with Crippen molar-refractivity contribution in [3.8, 4) is 0 Å². The number of methoxy groups -OCH3 is 1. The van der Waals surface area contributed by atoms with Gasteiger partial charge >= 0.3 is 0 Å². The van der Waals surface area contributed by atoms with Crippen molar-refractivity contribution < 1.29 is 9.53 Å². The van der Waals surface area contributed by atoms with Crippen molar-refractivity contribution in [3.05, 3.63) is 23.8 Å². The fraction of sp³-hybridized carbons (Fsp3) is 0.688. The zero-order valence-electron chi connectivity index (χ0n) is 14.0. The van der Waals surface area contributed by atoms with Crippen molar-refractivity contribution in [1.82, 2.24) is 19.8 Å². The molecule has 1 amide bonds. The molecule has 6 nitrogen and oxygen atoms in total. The normalized spacial score (nSPS) is 22.5. The Morgan fingerprint density at radius 1 is 1.50 bits per heavy atom. The lowest BCUT2D eigenvalue weighted by Crippen LogP contribution is -2.45. The van der Waals surface area contributed by atoms with Gasteiger partial charge in [-0.2, -0.15) is 0 Å². The van der Waals surface area contributed by atoms with Crippen LogP contribution in [0.4, 0.5) is 0 Å². The largest absolute Gasteiger partial charge is 0.381 e. The maximum Gasteiger partial charge on any atom is 0.222 e. The number of amides is 1. The van der Waals surface area contributed by atoms with Crippen LogP contribution < -0.4 is 0 Å². The molecule has 1 fully saturated rings. The van der Waals surface area contributed by atoms with Gasteiger partial charge in [0.05, 0.1) is 11.8 Å². The van der Waals surface area contributed by atoms with Gasteiger partial charge in [-0.05, 0) is 19.4 Å². The quantitative estimate of drug-likeness (QED) is 0.815. The molecule has 1 aliphatic heterocycles. The van der Waals surface area contributed by atoms with E-state index in [4.69, 9.17) is 4.74 Å². The number of hydrogen-bond acceptors (Lipinski definition) is 5. The smallest absolute Gasteiger partial charge is 0.222 e. The Morgan fingerprint density at radius 3 is 2.91 bits per heavy atom. The molecule has 1 saturated heterocycles. The molecule has 0 spiro atoms. The number of aromatic nitrogens is 2. The average molecular weight is 306 g/mol. The zero-order chi connectivity index (χ0) is 16.1. The fourth-order valence-electron chi connectivity index (χ4n) is 2.97. The van der Waals surface area contributed by atoms with E-state index in [0.717, 1.165) is 37.6 Å². The highest BCUT2D eigenvalue weighted by molar-refractivity contribution is 5.75. The molecule has 2 heterocycles. The Labute approximate surface area is 132 Å². The second-order valence-electron chi connectivity index (χ2n) is 6.15. The first-order valence-corrected chi connectivity index (χ1v) is 7.73. The highest BCUT2D eigenvalue weighted by atomic mass is 16.5. The van der Waals surface area contributed by atoms with Gasteiger partial charge in [-0.25, -0.2) is 9.97 Å². The van der Waals surface area contributed by atoms with E-state index in [2.05, 4.69) is 14.9 Å². The van der Waals surface area contributed by atoms with Crippen molar-refractivity contribution >= 4 is 5.91 Å². The molecule has 122 valence electrons. The van der Waals surface area contributed by atoms with Crippen LogP contribution in [0.3, 0.4) is 0 Å². The van der Waals surface area contributed by atoms with Crippen molar-refractivity contribution in [1.29, 1.82) is 0 Å². The number of aryl methyl sites for hydroxylation is 1. The molecule has 1 aliphatic rings. The standard InChI is InChI=1S/C16H26N4O2/c1-12-17-7-5-14(18-12)11-20-8-6-15(22-4)13(10-20)9-16(21)19(2)3/h5,7,13,15H,6,8-11H2,1-4H3/t13-,15-/m1/s1. The van der Waals surface area contributed by atoms with Crippen LogP contribution in [0.15, 0.2) is 12.3 Å². The molecule has 1 aromatic rings.